The minimum atomic E-state index is -0.496. The van der Waals surface area contributed by atoms with E-state index in [1.165, 1.54) is 0 Å². The second-order valence-corrected chi connectivity index (χ2v) is 7.11. The highest BCUT2D eigenvalue weighted by atomic mass is 16.6. The van der Waals surface area contributed by atoms with Crippen molar-refractivity contribution in [2.24, 2.45) is 5.92 Å². The van der Waals surface area contributed by atoms with Crippen molar-refractivity contribution in [2.45, 2.75) is 70.4 Å². The van der Waals surface area contributed by atoms with E-state index in [1.54, 1.807) is 0 Å². The number of nitrogens with one attached hydrogen (secondary N) is 2. The molecule has 0 aromatic carbocycles. The monoisotopic (exact) mass is 282 g/mol. The predicted molar refractivity (Wildman–Crippen MR) is 76.3 cm³/mol. The van der Waals surface area contributed by atoms with Gasteiger partial charge in [0, 0.05) is 12.5 Å². The Bertz CT molecular complexity index is 377. The Morgan fingerprint density at radius 3 is 2.30 bits per heavy atom. The summed E-state index contributed by atoms with van der Waals surface area (Å²) in [5.74, 6) is 0.354. The Hall–Kier alpha value is -1.26. The molecular weight excluding hydrogens is 256 g/mol. The van der Waals surface area contributed by atoms with Crippen molar-refractivity contribution in [2.75, 3.05) is 6.54 Å². The molecule has 2 rings (SSSR count). The van der Waals surface area contributed by atoms with E-state index in [-0.39, 0.29) is 17.4 Å². The standard InChI is InChI=1S/C15H26N2O3/c1-14(2,3)20-13(19)16-10-15(8-4-5-9-15)17-12(18)11-6-7-11/h11H,4-10H2,1-3H3,(H,16,19)(H,17,18). The molecule has 5 heteroatoms. The molecule has 20 heavy (non-hydrogen) atoms. The summed E-state index contributed by atoms with van der Waals surface area (Å²) < 4.78 is 5.24. The average Bonchev–Trinajstić information content (AvgIpc) is 3.07. The van der Waals surface area contributed by atoms with E-state index in [0.29, 0.717) is 6.54 Å². The minimum absolute atomic E-state index is 0.151. The van der Waals surface area contributed by atoms with Gasteiger partial charge in [0.15, 0.2) is 0 Å². The normalized spacial score (nSPS) is 21.4. The molecule has 0 aromatic rings. The minimum Gasteiger partial charge on any atom is -0.444 e. The molecule has 0 heterocycles. The van der Waals surface area contributed by atoms with E-state index in [0.717, 1.165) is 38.5 Å². The number of hydrogen-bond acceptors (Lipinski definition) is 3. The first-order valence-corrected chi connectivity index (χ1v) is 7.59. The van der Waals surface area contributed by atoms with Crippen LogP contribution in [0, 0.1) is 5.92 Å². The van der Waals surface area contributed by atoms with Gasteiger partial charge in [0.2, 0.25) is 5.91 Å². The van der Waals surface area contributed by atoms with Crippen molar-refractivity contribution in [3.63, 3.8) is 0 Å². The van der Waals surface area contributed by atoms with Crippen LogP contribution in [-0.4, -0.2) is 29.7 Å². The summed E-state index contributed by atoms with van der Waals surface area (Å²) in [6.45, 7) is 5.98. The van der Waals surface area contributed by atoms with E-state index >= 15 is 0 Å². The van der Waals surface area contributed by atoms with Crippen LogP contribution in [0.1, 0.15) is 59.3 Å². The molecular formula is C15H26N2O3. The van der Waals surface area contributed by atoms with Crippen LogP contribution >= 0.6 is 0 Å². The van der Waals surface area contributed by atoms with Gasteiger partial charge in [-0.3, -0.25) is 4.79 Å². The van der Waals surface area contributed by atoms with Crippen LogP contribution in [0.5, 0.6) is 0 Å². The van der Waals surface area contributed by atoms with Crippen LogP contribution in [0.4, 0.5) is 4.79 Å². The number of carbonyl (C=O) groups is 2. The van der Waals surface area contributed by atoms with Gasteiger partial charge >= 0.3 is 6.09 Å². The van der Waals surface area contributed by atoms with Crippen molar-refractivity contribution < 1.29 is 14.3 Å². The highest BCUT2D eigenvalue weighted by molar-refractivity contribution is 5.81. The zero-order valence-corrected chi connectivity index (χ0v) is 12.8. The van der Waals surface area contributed by atoms with Gasteiger partial charge in [-0.25, -0.2) is 4.79 Å². The lowest BCUT2D eigenvalue weighted by atomic mass is 9.97. The molecule has 2 saturated carbocycles. The summed E-state index contributed by atoms with van der Waals surface area (Å²) in [7, 11) is 0. The van der Waals surface area contributed by atoms with Gasteiger partial charge in [-0.15, -0.1) is 0 Å². The predicted octanol–water partition coefficient (Wildman–Crippen LogP) is 2.35. The molecule has 0 unspecified atom stereocenters. The lowest BCUT2D eigenvalue weighted by Crippen LogP contribution is -2.54. The summed E-state index contributed by atoms with van der Waals surface area (Å²) in [5, 5.41) is 5.97. The molecule has 0 radical (unpaired) electrons. The molecule has 0 spiro atoms. The lowest BCUT2D eigenvalue weighted by Gasteiger charge is -2.31. The molecule has 5 nitrogen and oxygen atoms in total. The van der Waals surface area contributed by atoms with Crippen molar-refractivity contribution in [3.8, 4) is 0 Å². The molecule has 2 fully saturated rings. The molecule has 2 N–H and O–H groups in total. The Morgan fingerprint density at radius 2 is 1.80 bits per heavy atom. The van der Waals surface area contributed by atoms with Gasteiger partial charge in [0.25, 0.3) is 0 Å². The largest absolute Gasteiger partial charge is 0.444 e. The van der Waals surface area contributed by atoms with Crippen molar-refractivity contribution >= 4 is 12.0 Å². The molecule has 2 aliphatic carbocycles. The maximum atomic E-state index is 12.0. The molecule has 2 aliphatic rings. The second kappa shape index (κ2) is 5.62. The number of hydrogen-bond donors (Lipinski definition) is 2. The first-order chi connectivity index (χ1) is 9.30. The third-order valence-corrected chi connectivity index (χ3v) is 3.87. The summed E-state index contributed by atoms with van der Waals surface area (Å²) in [4.78, 5) is 23.7. The maximum Gasteiger partial charge on any atom is 0.407 e. The fourth-order valence-electron chi connectivity index (χ4n) is 2.66. The van der Waals surface area contributed by atoms with Gasteiger partial charge in [-0.1, -0.05) is 12.8 Å². The lowest BCUT2D eigenvalue weighted by molar-refractivity contribution is -0.124. The first kappa shape index (κ1) is 15.1. The van der Waals surface area contributed by atoms with E-state index in [9.17, 15) is 9.59 Å². The van der Waals surface area contributed by atoms with Gasteiger partial charge in [0.05, 0.1) is 5.54 Å². The molecule has 0 bridgehead atoms. The number of amides is 2. The topological polar surface area (TPSA) is 67.4 Å². The van der Waals surface area contributed by atoms with E-state index < -0.39 is 11.7 Å². The summed E-state index contributed by atoms with van der Waals surface area (Å²) in [6, 6.07) is 0. The third kappa shape index (κ3) is 4.39. The van der Waals surface area contributed by atoms with Gasteiger partial charge in [0.1, 0.15) is 5.60 Å². The highest BCUT2D eigenvalue weighted by Crippen LogP contribution is 2.33. The fourth-order valence-corrected chi connectivity index (χ4v) is 2.66. The summed E-state index contributed by atoms with van der Waals surface area (Å²) >= 11 is 0. The molecule has 2 amide bonds. The van der Waals surface area contributed by atoms with E-state index in [4.69, 9.17) is 4.74 Å². The zero-order chi connectivity index (χ0) is 14.8. The SMILES string of the molecule is CC(C)(C)OC(=O)NCC1(NC(=O)C2CC2)CCCC1. The maximum absolute atomic E-state index is 12.0. The first-order valence-electron chi connectivity index (χ1n) is 7.59. The zero-order valence-electron chi connectivity index (χ0n) is 12.8. The molecule has 0 atom stereocenters. The van der Waals surface area contributed by atoms with Gasteiger partial charge in [-0.2, -0.15) is 0 Å². The van der Waals surface area contributed by atoms with Crippen LogP contribution in [0.15, 0.2) is 0 Å². The number of alkyl carbamates (subject to hydrolysis) is 1. The van der Waals surface area contributed by atoms with Gasteiger partial charge < -0.3 is 15.4 Å². The Kier molecular flexibility index (Phi) is 4.25. The number of carbonyl (C=O) groups excluding carboxylic acids is 2. The second-order valence-electron chi connectivity index (χ2n) is 7.11. The molecule has 0 saturated heterocycles. The number of ether oxygens (including phenoxy) is 1. The van der Waals surface area contributed by atoms with Crippen LogP contribution in [-0.2, 0) is 9.53 Å². The van der Waals surface area contributed by atoms with E-state index in [2.05, 4.69) is 10.6 Å². The Morgan fingerprint density at radius 1 is 1.20 bits per heavy atom. The van der Waals surface area contributed by atoms with Crippen molar-refractivity contribution in [1.29, 1.82) is 0 Å². The number of rotatable bonds is 4. The van der Waals surface area contributed by atoms with Crippen LogP contribution in [0.3, 0.4) is 0 Å². The van der Waals surface area contributed by atoms with Crippen LogP contribution in [0.2, 0.25) is 0 Å². The van der Waals surface area contributed by atoms with Gasteiger partial charge in [-0.05, 0) is 46.5 Å². The Labute approximate surface area is 120 Å². The van der Waals surface area contributed by atoms with Crippen molar-refractivity contribution in [3.05, 3.63) is 0 Å². The van der Waals surface area contributed by atoms with Crippen molar-refractivity contribution in [1.82, 2.24) is 10.6 Å². The quantitative estimate of drug-likeness (QED) is 0.831. The molecule has 114 valence electrons. The molecule has 0 aliphatic heterocycles. The average molecular weight is 282 g/mol. The third-order valence-electron chi connectivity index (χ3n) is 3.87. The van der Waals surface area contributed by atoms with E-state index in [1.807, 2.05) is 20.8 Å². The van der Waals surface area contributed by atoms with Crippen LogP contribution < -0.4 is 10.6 Å². The van der Waals surface area contributed by atoms with Crippen LogP contribution in [0.25, 0.3) is 0 Å². The summed E-state index contributed by atoms with van der Waals surface area (Å²) in [5.41, 5.74) is -0.763. The fraction of sp³-hybridized carbons (Fsp3) is 0.867. The smallest absolute Gasteiger partial charge is 0.407 e. The Balaban J connectivity index is 1.85. The highest BCUT2D eigenvalue weighted by Gasteiger charge is 2.39. The summed E-state index contributed by atoms with van der Waals surface area (Å²) in [6.07, 6.45) is 5.65. The molecule has 0 aromatic heterocycles.